The van der Waals surface area contributed by atoms with Gasteiger partial charge in [0.25, 0.3) is 0 Å². The Morgan fingerprint density at radius 1 is 1.11 bits per heavy atom. The van der Waals surface area contributed by atoms with E-state index in [0.717, 1.165) is 15.4 Å². The van der Waals surface area contributed by atoms with E-state index in [0.29, 0.717) is 17.7 Å². The number of carboxylic acids is 1. The Labute approximate surface area is 172 Å². The highest BCUT2D eigenvalue weighted by atomic mass is 32.2. The molecule has 1 heterocycles. The van der Waals surface area contributed by atoms with Gasteiger partial charge >= 0.3 is 5.97 Å². The first-order valence-electron chi connectivity index (χ1n) is 8.98. The minimum absolute atomic E-state index is 0.0543. The Bertz CT molecular complexity index is 1030. The minimum Gasteiger partial charge on any atom is -0.482 e. The zero-order valence-electron chi connectivity index (χ0n) is 15.9. The number of carbonyl (C=O) groups excluding carboxylic acids is 1. The van der Waals surface area contributed by atoms with E-state index in [1.54, 1.807) is 41.7 Å². The number of hydrogen-bond acceptors (Lipinski definition) is 5. The molecule has 0 amide bonds. The molecule has 0 saturated carbocycles. The van der Waals surface area contributed by atoms with Crippen LogP contribution in [0.4, 0.5) is 0 Å². The maximum absolute atomic E-state index is 12.9. The molecule has 6 heteroatoms. The number of allylic oxidation sites excluding steroid dienone is 1. The molecule has 4 rings (SSSR count). The summed E-state index contributed by atoms with van der Waals surface area (Å²) in [6.45, 7) is 6.20. The lowest BCUT2D eigenvalue weighted by Crippen LogP contribution is -2.10. The van der Waals surface area contributed by atoms with Crippen molar-refractivity contribution >= 4 is 35.3 Å². The molecule has 1 aliphatic heterocycles. The standard InChI is InChI=1S/C22H20O4S2/c1-22(2,3)13-4-7-17-18(10-13)28-21(27-17)16-9-12-8-14(26-11-19(23)24)5-6-15(12)20(16)25/h4-8,10H,9,11H2,1-3H3,(H,23,24)/b21-16-. The summed E-state index contributed by atoms with van der Waals surface area (Å²) in [6.07, 6.45) is 0.549. The summed E-state index contributed by atoms with van der Waals surface area (Å²) >= 11 is 3.33. The lowest BCUT2D eigenvalue weighted by Gasteiger charge is -2.19. The van der Waals surface area contributed by atoms with E-state index in [2.05, 4.69) is 39.0 Å². The van der Waals surface area contributed by atoms with Gasteiger partial charge in [-0.05, 0) is 46.9 Å². The molecule has 0 saturated heterocycles. The summed E-state index contributed by atoms with van der Waals surface area (Å²) in [5, 5.41) is 8.76. The molecule has 0 spiro atoms. The van der Waals surface area contributed by atoms with Gasteiger partial charge in [0.05, 0.1) is 4.24 Å². The van der Waals surface area contributed by atoms with Gasteiger partial charge in [-0.3, -0.25) is 4.79 Å². The number of Topliss-reactive ketones (excluding diaryl/α,β-unsaturated/α-hetero) is 1. The number of fused-ring (bicyclic) bond motifs is 2. The number of carbonyl (C=O) groups is 2. The van der Waals surface area contributed by atoms with Crippen LogP contribution in [0.5, 0.6) is 5.75 Å². The number of aliphatic carboxylic acids is 1. The van der Waals surface area contributed by atoms with E-state index in [9.17, 15) is 9.59 Å². The highest BCUT2D eigenvalue weighted by molar-refractivity contribution is 8.24. The molecular weight excluding hydrogens is 392 g/mol. The Morgan fingerprint density at radius 2 is 1.86 bits per heavy atom. The average Bonchev–Trinajstić information content (AvgIpc) is 3.19. The van der Waals surface area contributed by atoms with Crippen molar-refractivity contribution in [3.8, 4) is 5.75 Å². The van der Waals surface area contributed by atoms with Gasteiger partial charge in [0.1, 0.15) is 5.75 Å². The second-order valence-corrected chi connectivity index (χ2v) is 10.3. The Balaban J connectivity index is 1.60. The Hall–Kier alpha value is -2.18. The van der Waals surface area contributed by atoms with Gasteiger partial charge in [-0.1, -0.05) is 50.4 Å². The predicted molar refractivity (Wildman–Crippen MR) is 111 cm³/mol. The predicted octanol–water partition coefficient (Wildman–Crippen LogP) is 5.30. The average molecular weight is 413 g/mol. The third kappa shape index (κ3) is 3.59. The molecule has 0 bridgehead atoms. The van der Waals surface area contributed by atoms with Crippen LogP contribution in [0.1, 0.15) is 42.3 Å². The van der Waals surface area contributed by atoms with Crippen LogP contribution in [0.25, 0.3) is 0 Å². The molecular formula is C22H20O4S2. The van der Waals surface area contributed by atoms with E-state index in [4.69, 9.17) is 9.84 Å². The lowest BCUT2D eigenvalue weighted by atomic mass is 9.87. The first kappa shape index (κ1) is 19.2. The smallest absolute Gasteiger partial charge is 0.341 e. The first-order valence-corrected chi connectivity index (χ1v) is 10.6. The molecule has 0 radical (unpaired) electrons. The zero-order valence-corrected chi connectivity index (χ0v) is 17.5. The van der Waals surface area contributed by atoms with Crippen LogP contribution in [0.2, 0.25) is 0 Å². The van der Waals surface area contributed by atoms with Crippen molar-refractivity contribution in [1.29, 1.82) is 0 Å². The molecule has 2 aromatic carbocycles. The van der Waals surface area contributed by atoms with Gasteiger partial charge in [0, 0.05) is 27.3 Å². The molecule has 0 unspecified atom stereocenters. The van der Waals surface area contributed by atoms with Gasteiger partial charge in [-0.15, -0.1) is 0 Å². The second kappa shape index (κ2) is 7.01. The lowest BCUT2D eigenvalue weighted by molar-refractivity contribution is -0.139. The van der Waals surface area contributed by atoms with Crippen molar-refractivity contribution in [2.75, 3.05) is 6.61 Å². The monoisotopic (exact) mass is 412 g/mol. The molecule has 1 N–H and O–H groups in total. The van der Waals surface area contributed by atoms with Crippen molar-refractivity contribution in [3.05, 3.63) is 62.9 Å². The fourth-order valence-electron chi connectivity index (χ4n) is 3.25. The van der Waals surface area contributed by atoms with Crippen LogP contribution in [-0.4, -0.2) is 23.5 Å². The first-order chi connectivity index (χ1) is 13.2. The quantitative estimate of drug-likeness (QED) is 0.691. The molecule has 144 valence electrons. The summed E-state index contributed by atoms with van der Waals surface area (Å²) in [5.41, 5.74) is 3.75. The number of ketones is 1. The van der Waals surface area contributed by atoms with Crippen LogP contribution in [-0.2, 0) is 16.6 Å². The Morgan fingerprint density at radius 3 is 2.57 bits per heavy atom. The molecule has 4 nitrogen and oxygen atoms in total. The highest BCUT2D eigenvalue weighted by Crippen LogP contribution is 2.54. The summed E-state index contributed by atoms with van der Waals surface area (Å²) in [5.74, 6) is -0.491. The fraction of sp³-hybridized carbons (Fsp3) is 0.273. The zero-order chi connectivity index (χ0) is 20.1. The summed E-state index contributed by atoms with van der Waals surface area (Å²) in [6, 6.07) is 11.7. The van der Waals surface area contributed by atoms with E-state index in [1.165, 1.54) is 15.4 Å². The van der Waals surface area contributed by atoms with Gasteiger partial charge < -0.3 is 9.84 Å². The van der Waals surface area contributed by atoms with Crippen LogP contribution in [0, 0.1) is 0 Å². The van der Waals surface area contributed by atoms with E-state index in [-0.39, 0.29) is 11.2 Å². The van der Waals surface area contributed by atoms with E-state index >= 15 is 0 Å². The maximum atomic E-state index is 12.9. The van der Waals surface area contributed by atoms with E-state index < -0.39 is 12.6 Å². The van der Waals surface area contributed by atoms with Crippen molar-refractivity contribution in [1.82, 2.24) is 0 Å². The van der Waals surface area contributed by atoms with Gasteiger partial charge in [-0.2, -0.15) is 0 Å². The number of hydrogen-bond donors (Lipinski definition) is 1. The number of thioether (sulfide) groups is 2. The molecule has 0 aromatic heterocycles. The third-order valence-corrected chi connectivity index (χ3v) is 7.41. The largest absolute Gasteiger partial charge is 0.482 e. The van der Waals surface area contributed by atoms with Crippen LogP contribution < -0.4 is 4.74 Å². The maximum Gasteiger partial charge on any atom is 0.341 e. The van der Waals surface area contributed by atoms with Crippen molar-refractivity contribution in [3.63, 3.8) is 0 Å². The third-order valence-electron chi connectivity index (χ3n) is 4.79. The molecule has 0 atom stereocenters. The highest BCUT2D eigenvalue weighted by Gasteiger charge is 2.32. The number of benzene rings is 2. The SMILES string of the molecule is CC(C)(C)c1ccc2c(c1)S/C(=C1/Cc3cc(OCC(=O)O)ccc3C1=O)S2. The van der Waals surface area contributed by atoms with Crippen molar-refractivity contribution < 1.29 is 19.4 Å². The van der Waals surface area contributed by atoms with Gasteiger partial charge in [-0.25, -0.2) is 4.79 Å². The van der Waals surface area contributed by atoms with Crippen LogP contribution in [0.3, 0.4) is 0 Å². The number of carboxylic acid groups (broad SMARTS) is 1. The molecule has 2 aromatic rings. The molecule has 0 fully saturated rings. The van der Waals surface area contributed by atoms with Gasteiger partial charge in [0.15, 0.2) is 12.4 Å². The molecule has 1 aliphatic carbocycles. The van der Waals surface area contributed by atoms with E-state index in [1.807, 2.05) is 0 Å². The Kier molecular flexibility index (Phi) is 4.79. The summed E-state index contributed by atoms with van der Waals surface area (Å²) < 4.78 is 6.28. The molecule has 28 heavy (non-hydrogen) atoms. The number of ether oxygens (including phenoxy) is 1. The normalized spacial score (nSPS) is 18.2. The number of rotatable bonds is 3. The summed E-state index contributed by atoms with van der Waals surface area (Å²) in [4.78, 5) is 26.0. The van der Waals surface area contributed by atoms with Gasteiger partial charge in [0.2, 0.25) is 0 Å². The van der Waals surface area contributed by atoms with Crippen LogP contribution >= 0.6 is 23.5 Å². The topological polar surface area (TPSA) is 63.6 Å². The molecule has 2 aliphatic rings. The van der Waals surface area contributed by atoms with Crippen molar-refractivity contribution in [2.45, 2.75) is 42.4 Å². The summed E-state index contributed by atoms with van der Waals surface area (Å²) in [7, 11) is 0. The minimum atomic E-state index is -1.02. The fourth-order valence-corrected chi connectivity index (χ4v) is 5.83. The van der Waals surface area contributed by atoms with Crippen LogP contribution in [0.15, 0.2) is 56.0 Å². The van der Waals surface area contributed by atoms with Crippen molar-refractivity contribution in [2.24, 2.45) is 0 Å². The second-order valence-electron chi connectivity index (χ2n) is 7.89.